The van der Waals surface area contributed by atoms with E-state index in [0.717, 1.165) is 41.5 Å². The lowest BCUT2D eigenvalue weighted by Gasteiger charge is -2.36. The van der Waals surface area contributed by atoms with Crippen molar-refractivity contribution in [3.8, 4) is 0 Å². The van der Waals surface area contributed by atoms with Gasteiger partial charge >= 0.3 is 5.97 Å². The van der Waals surface area contributed by atoms with Crippen molar-refractivity contribution in [2.45, 2.75) is 52.6 Å². The topological polar surface area (TPSA) is 35.5 Å². The van der Waals surface area contributed by atoms with Crippen LogP contribution in [0.3, 0.4) is 0 Å². The molecule has 3 heteroatoms. The fourth-order valence-corrected chi connectivity index (χ4v) is 4.80. The molecule has 0 atom stereocenters. The van der Waals surface area contributed by atoms with Crippen LogP contribution in [-0.2, 0) is 19.9 Å². The van der Waals surface area contributed by atoms with Crippen LogP contribution >= 0.6 is 0 Å². The third-order valence-corrected chi connectivity index (χ3v) is 6.53. The molecule has 35 heavy (non-hydrogen) atoms. The predicted octanol–water partition coefficient (Wildman–Crippen LogP) is 7.70. The molecule has 3 nitrogen and oxygen atoms in total. The first-order chi connectivity index (χ1) is 16.8. The van der Waals surface area contributed by atoms with Gasteiger partial charge in [-0.3, -0.25) is 0 Å². The van der Waals surface area contributed by atoms with Gasteiger partial charge in [0.2, 0.25) is 0 Å². The normalized spacial score (nSPS) is 12.7. The molecular formula is C32H38O3. The number of hydrogen-bond acceptors (Lipinski definition) is 3. The second kappa shape index (κ2) is 12.0. The van der Waals surface area contributed by atoms with E-state index >= 15 is 0 Å². The summed E-state index contributed by atoms with van der Waals surface area (Å²) in [7, 11) is 1.44. The molecule has 0 saturated carbocycles. The average Bonchev–Trinajstić information content (AvgIpc) is 2.88. The maximum absolute atomic E-state index is 12.2. The Morgan fingerprint density at radius 2 is 1.14 bits per heavy atom. The maximum Gasteiger partial charge on any atom is 0.333 e. The van der Waals surface area contributed by atoms with Crippen molar-refractivity contribution in [2.75, 3.05) is 13.7 Å². The van der Waals surface area contributed by atoms with Gasteiger partial charge in [-0.2, -0.15) is 0 Å². The largest absolute Gasteiger partial charge is 0.466 e. The van der Waals surface area contributed by atoms with Crippen molar-refractivity contribution >= 4 is 5.97 Å². The van der Waals surface area contributed by atoms with Crippen molar-refractivity contribution in [3.63, 3.8) is 0 Å². The van der Waals surface area contributed by atoms with E-state index in [1.165, 1.54) is 7.11 Å². The molecule has 0 unspecified atom stereocenters. The molecule has 0 aliphatic carbocycles. The fraction of sp³-hybridized carbons (Fsp3) is 0.344. The molecule has 0 heterocycles. The van der Waals surface area contributed by atoms with E-state index in [1.54, 1.807) is 0 Å². The summed E-state index contributed by atoms with van der Waals surface area (Å²) < 4.78 is 11.9. The number of carbonyl (C=O) groups is 1. The van der Waals surface area contributed by atoms with E-state index in [0.29, 0.717) is 12.2 Å². The van der Waals surface area contributed by atoms with Crippen LogP contribution in [-0.4, -0.2) is 19.7 Å². The summed E-state index contributed by atoms with van der Waals surface area (Å²) in [5, 5.41) is 0. The Labute approximate surface area is 210 Å². The van der Waals surface area contributed by atoms with Crippen LogP contribution in [0.2, 0.25) is 0 Å². The van der Waals surface area contributed by atoms with Crippen LogP contribution < -0.4 is 0 Å². The summed E-state index contributed by atoms with van der Waals surface area (Å²) in [5.74, 6) is -0.248. The van der Waals surface area contributed by atoms with Gasteiger partial charge in [-0.1, -0.05) is 117 Å². The first-order valence-corrected chi connectivity index (χ1v) is 12.4. The molecule has 0 spiro atoms. The zero-order valence-electron chi connectivity index (χ0n) is 21.7. The maximum atomic E-state index is 12.2. The Kier molecular flexibility index (Phi) is 9.06. The highest BCUT2D eigenvalue weighted by Crippen LogP contribution is 2.40. The Morgan fingerprint density at radius 1 is 0.714 bits per heavy atom. The van der Waals surface area contributed by atoms with Gasteiger partial charge in [-0.25, -0.2) is 4.79 Å². The van der Waals surface area contributed by atoms with Crippen LogP contribution in [0.4, 0.5) is 0 Å². The van der Waals surface area contributed by atoms with Crippen LogP contribution in [0.15, 0.2) is 102 Å². The third-order valence-electron chi connectivity index (χ3n) is 6.53. The van der Waals surface area contributed by atoms with E-state index in [-0.39, 0.29) is 11.4 Å². The van der Waals surface area contributed by atoms with Crippen molar-refractivity contribution < 1.29 is 14.3 Å². The lowest BCUT2D eigenvalue weighted by Crippen LogP contribution is -2.33. The summed E-state index contributed by atoms with van der Waals surface area (Å²) in [5.41, 5.74) is 4.38. The number of esters is 1. The van der Waals surface area contributed by atoms with Gasteiger partial charge in [0.25, 0.3) is 0 Å². The van der Waals surface area contributed by atoms with Crippen LogP contribution in [0.1, 0.15) is 63.6 Å². The predicted molar refractivity (Wildman–Crippen MR) is 143 cm³/mol. The molecule has 3 aromatic carbocycles. The van der Waals surface area contributed by atoms with E-state index in [2.05, 4.69) is 93.6 Å². The summed E-state index contributed by atoms with van der Waals surface area (Å²) in [6, 6.07) is 31.3. The van der Waals surface area contributed by atoms with Crippen molar-refractivity contribution in [1.29, 1.82) is 0 Å². The highest BCUT2D eigenvalue weighted by atomic mass is 16.5. The van der Waals surface area contributed by atoms with Crippen LogP contribution in [0, 0.1) is 5.41 Å². The quantitative estimate of drug-likeness (QED) is 0.132. The Morgan fingerprint density at radius 3 is 1.51 bits per heavy atom. The summed E-state index contributed by atoms with van der Waals surface area (Å²) in [6.07, 6.45) is 2.64. The van der Waals surface area contributed by atoms with E-state index in [1.807, 2.05) is 25.1 Å². The number of allylic oxidation sites excluding steroid dienone is 1. The molecule has 0 N–H and O–H groups in total. The van der Waals surface area contributed by atoms with Gasteiger partial charge in [0.1, 0.15) is 5.60 Å². The minimum atomic E-state index is -0.700. The molecule has 0 fully saturated rings. The summed E-state index contributed by atoms with van der Waals surface area (Å²) in [4.78, 5) is 12.2. The molecule has 0 saturated heterocycles. The highest BCUT2D eigenvalue weighted by molar-refractivity contribution is 5.88. The molecule has 0 aliphatic rings. The molecule has 184 valence electrons. The first-order valence-electron chi connectivity index (χ1n) is 12.4. The minimum Gasteiger partial charge on any atom is -0.466 e. The van der Waals surface area contributed by atoms with E-state index < -0.39 is 5.60 Å². The zero-order valence-corrected chi connectivity index (χ0v) is 21.7. The van der Waals surface area contributed by atoms with Crippen molar-refractivity contribution in [2.24, 2.45) is 5.41 Å². The van der Waals surface area contributed by atoms with Gasteiger partial charge < -0.3 is 9.47 Å². The number of hydrogen-bond donors (Lipinski definition) is 0. The highest BCUT2D eigenvalue weighted by Gasteiger charge is 2.37. The molecule has 3 rings (SSSR count). The summed E-state index contributed by atoms with van der Waals surface area (Å²) >= 11 is 0. The number of ether oxygens (including phenoxy) is 2. The van der Waals surface area contributed by atoms with Gasteiger partial charge in [-0.05, 0) is 48.3 Å². The molecule has 0 radical (unpaired) electrons. The molecule has 0 amide bonds. The van der Waals surface area contributed by atoms with Crippen molar-refractivity contribution in [3.05, 3.63) is 119 Å². The number of methoxy groups -OCH3 is 1. The number of rotatable bonds is 10. The fourth-order valence-electron chi connectivity index (χ4n) is 4.80. The lowest BCUT2D eigenvalue weighted by molar-refractivity contribution is -0.136. The Bertz CT molecular complexity index is 997. The molecule has 3 aromatic rings. The van der Waals surface area contributed by atoms with Crippen LogP contribution in [0.25, 0.3) is 0 Å². The van der Waals surface area contributed by atoms with Crippen molar-refractivity contribution in [1.82, 2.24) is 0 Å². The second-order valence-corrected chi connectivity index (χ2v) is 9.93. The SMILES string of the molecule is COC(=O)/C(C)=C(/CCCCOC(c1ccccc1)(c1ccccc1)c1ccccc1)C(C)(C)C. The molecular weight excluding hydrogens is 432 g/mol. The average molecular weight is 471 g/mol. The Balaban J connectivity index is 1.87. The molecule has 0 aliphatic heterocycles. The van der Waals surface area contributed by atoms with Gasteiger partial charge in [0.15, 0.2) is 0 Å². The summed E-state index contributed by atoms with van der Waals surface area (Å²) in [6.45, 7) is 8.91. The van der Waals surface area contributed by atoms with Crippen LogP contribution in [0.5, 0.6) is 0 Å². The lowest BCUT2D eigenvalue weighted by atomic mass is 9.80. The number of benzene rings is 3. The second-order valence-electron chi connectivity index (χ2n) is 9.93. The molecule has 0 aromatic heterocycles. The number of carbonyl (C=O) groups excluding carboxylic acids is 1. The number of unbranched alkanes of at least 4 members (excludes halogenated alkanes) is 1. The molecule has 0 bridgehead atoms. The first kappa shape index (κ1) is 26.4. The van der Waals surface area contributed by atoms with E-state index in [9.17, 15) is 4.79 Å². The van der Waals surface area contributed by atoms with E-state index in [4.69, 9.17) is 9.47 Å². The zero-order chi connectivity index (χ0) is 25.3. The Hall–Kier alpha value is -3.17. The van der Waals surface area contributed by atoms with Gasteiger partial charge in [0.05, 0.1) is 7.11 Å². The third kappa shape index (κ3) is 6.29. The smallest absolute Gasteiger partial charge is 0.333 e. The standard InChI is InChI=1S/C32H38O3/c1-25(30(33)34-5)29(31(2,3)4)23-15-16-24-35-32(26-17-9-6-10-18-26,27-19-11-7-12-20-27)28-21-13-8-14-22-28/h6-14,17-22H,15-16,23-24H2,1-5H3/b29-25-. The monoisotopic (exact) mass is 470 g/mol. The van der Waals surface area contributed by atoms with Gasteiger partial charge in [0, 0.05) is 12.2 Å². The van der Waals surface area contributed by atoms with Gasteiger partial charge in [-0.15, -0.1) is 0 Å². The minimum absolute atomic E-state index is 0.0962.